The summed E-state index contributed by atoms with van der Waals surface area (Å²) in [6, 6.07) is 0. The summed E-state index contributed by atoms with van der Waals surface area (Å²) in [7, 11) is 0. The maximum Gasteiger partial charge on any atom is 0.0659 e. The Morgan fingerprint density at radius 2 is 1.43 bits per heavy atom. The van der Waals surface area contributed by atoms with Gasteiger partial charge in [-0.3, -0.25) is 0 Å². The van der Waals surface area contributed by atoms with E-state index in [-0.39, 0.29) is 17.6 Å². The van der Waals surface area contributed by atoms with Gasteiger partial charge in [-0.15, -0.1) is 0 Å². The lowest BCUT2D eigenvalue weighted by Gasteiger charge is -2.43. The SMILES string of the molecule is CCCCCCCCC(C(C)(C)C)C(C)(C)OCCCO. The molecule has 128 valence electrons. The van der Waals surface area contributed by atoms with Crippen molar-refractivity contribution in [1.82, 2.24) is 0 Å². The van der Waals surface area contributed by atoms with E-state index in [0.717, 1.165) is 6.42 Å². The molecule has 21 heavy (non-hydrogen) atoms. The topological polar surface area (TPSA) is 29.5 Å². The van der Waals surface area contributed by atoms with Crippen LogP contribution in [0.3, 0.4) is 0 Å². The van der Waals surface area contributed by atoms with Gasteiger partial charge in [0.2, 0.25) is 0 Å². The molecule has 2 nitrogen and oxygen atoms in total. The molecular weight excluding hydrogens is 260 g/mol. The number of ether oxygens (including phenoxy) is 1. The van der Waals surface area contributed by atoms with Gasteiger partial charge in [0.1, 0.15) is 0 Å². The molecule has 0 aromatic rings. The first-order chi connectivity index (χ1) is 9.75. The van der Waals surface area contributed by atoms with E-state index in [1.807, 2.05) is 0 Å². The molecule has 0 aliphatic rings. The predicted octanol–water partition coefficient (Wildman–Crippen LogP) is 5.58. The summed E-state index contributed by atoms with van der Waals surface area (Å²) in [6.07, 6.45) is 10.1. The third kappa shape index (κ3) is 9.52. The van der Waals surface area contributed by atoms with E-state index in [9.17, 15) is 0 Å². The van der Waals surface area contributed by atoms with Gasteiger partial charge in [-0.25, -0.2) is 0 Å². The highest BCUT2D eigenvalue weighted by Gasteiger charge is 2.38. The van der Waals surface area contributed by atoms with Gasteiger partial charge in [-0.05, 0) is 38.0 Å². The van der Waals surface area contributed by atoms with Crippen molar-refractivity contribution in [3.8, 4) is 0 Å². The van der Waals surface area contributed by atoms with E-state index in [1.165, 1.54) is 44.9 Å². The van der Waals surface area contributed by atoms with Crippen molar-refractivity contribution >= 4 is 0 Å². The first kappa shape index (κ1) is 20.9. The third-order valence-corrected chi connectivity index (χ3v) is 4.51. The molecule has 0 spiro atoms. The molecule has 2 heteroatoms. The van der Waals surface area contributed by atoms with Gasteiger partial charge in [-0.1, -0.05) is 66.2 Å². The zero-order valence-corrected chi connectivity index (χ0v) is 15.5. The summed E-state index contributed by atoms with van der Waals surface area (Å²) in [5, 5.41) is 8.93. The molecule has 1 atom stereocenters. The lowest BCUT2D eigenvalue weighted by atomic mass is 9.69. The van der Waals surface area contributed by atoms with E-state index in [4.69, 9.17) is 9.84 Å². The molecule has 0 aromatic carbocycles. The van der Waals surface area contributed by atoms with E-state index in [1.54, 1.807) is 0 Å². The van der Waals surface area contributed by atoms with Crippen LogP contribution in [0.2, 0.25) is 0 Å². The Kier molecular flexibility index (Phi) is 10.6. The fraction of sp³-hybridized carbons (Fsp3) is 1.00. The van der Waals surface area contributed by atoms with Crippen molar-refractivity contribution in [2.45, 2.75) is 98.5 Å². The molecule has 0 aromatic heterocycles. The zero-order chi connectivity index (χ0) is 16.4. The van der Waals surface area contributed by atoms with Crippen molar-refractivity contribution in [2.24, 2.45) is 11.3 Å². The van der Waals surface area contributed by atoms with E-state index in [0.29, 0.717) is 12.5 Å². The normalized spacial score (nSPS) is 14.4. The Hall–Kier alpha value is -0.0800. The quantitative estimate of drug-likeness (QED) is 0.477. The van der Waals surface area contributed by atoms with Gasteiger partial charge in [0.15, 0.2) is 0 Å². The van der Waals surface area contributed by atoms with E-state index < -0.39 is 0 Å². The average Bonchev–Trinajstić information content (AvgIpc) is 2.36. The van der Waals surface area contributed by atoms with Gasteiger partial charge in [0.05, 0.1) is 5.60 Å². The lowest BCUT2D eigenvalue weighted by Crippen LogP contribution is -2.42. The molecule has 0 aliphatic heterocycles. The second kappa shape index (κ2) is 10.6. The van der Waals surface area contributed by atoms with Crippen LogP contribution in [-0.4, -0.2) is 23.9 Å². The lowest BCUT2D eigenvalue weighted by molar-refractivity contribution is -0.0977. The molecule has 0 fully saturated rings. The largest absolute Gasteiger partial charge is 0.396 e. The number of hydrogen-bond acceptors (Lipinski definition) is 2. The Morgan fingerprint density at radius 3 is 1.95 bits per heavy atom. The van der Waals surface area contributed by atoms with E-state index >= 15 is 0 Å². The Morgan fingerprint density at radius 1 is 0.857 bits per heavy atom. The standard InChI is InChI=1S/C19H40O2/c1-7-8-9-10-11-12-14-17(18(2,3)4)19(5,6)21-16-13-15-20/h17,20H,7-16H2,1-6H3. The molecule has 0 amide bonds. The van der Waals surface area contributed by atoms with Gasteiger partial charge in [0.25, 0.3) is 0 Å². The molecule has 0 aliphatic carbocycles. The minimum absolute atomic E-state index is 0.114. The van der Waals surface area contributed by atoms with Crippen molar-refractivity contribution in [2.75, 3.05) is 13.2 Å². The van der Waals surface area contributed by atoms with Crippen molar-refractivity contribution < 1.29 is 9.84 Å². The second-order valence-electron chi connectivity index (χ2n) is 8.00. The van der Waals surface area contributed by atoms with Crippen LogP contribution in [0, 0.1) is 11.3 Å². The molecule has 0 heterocycles. The minimum atomic E-state index is -0.114. The number of rotatable bonds is 12. The summed E-state index contributed by atoms with van der Waals surface area (Å²) in [5.74, 6) is 0.551. The molecule has 0 bridgehead atoms. The summed E-state index contributed by atoms with van der Waals surface area (Å²) in [4.78, 5) is 0. The highest BCUT2D eigenvalue weighted by Crippen LogP contribution is 2.40. The van der Waals surface area contributed by atoms with Crippen LogP contribution in [0.5, 0.6) is 0 Å². The number of unbranched alkanes of at least 4 members (excludes halogenated alkanes) is 5. The number of aliphatic hydroxyl groups excluding tert-OH is 1. The molecular formula is C19H40O2. The Labute approximate surface area is 133 Å². The highest BCUT2D eigenvalue weighted by atomic mass is 16.5. The van der Waals surface area contributed by atoms with Gasteiger partial charge >= 0.3 is 0 Å². The van der Waals surface area contributed by atoms with Crippen LogP contribution in [0.15, 0.2) is 0 Å². The smallest absolute Gasteiger partial charge is 0.0659 e. The first-order valence-electron chi connectivity index (χ1n) is 9.00. The predicted molar refractivity (Wildman–Crippen MR) is 92.7 cm³/mol. The van der Waals surface area contributed by atoms with Crippen molar-refractivity contribution in [3.05, 3.63) is 0 Å². The molecule has 0 saturated heterocycles. The highest BCUT2D eigenvalue weighted by molar-refractivity contribution is 4.88. The first-order valence-corrected chi connectivity index (χ1v) is 9.00. The van der Waals surface area contributed by atoms with Gasteiger partial charge in [0, 0.05) is 13.2 Å². The van der Waals surface area contributed by atoms with Gasteiger partial charge in [-0.2, -0.15) is 0 Å². The van der Waals surface area contributed by atoms with Crippen LogP contribution >= 0.6 is 0 Å². The summed E-state index contributed by atoms with van der Waals surface area (Å²) in [5.41, 5.74) is 0.142. The van der Waals surface area contributed by atoms with Crippen molar-refractivity contribution in [3.63, 3.8) is 0 Å². The number of hydrogen-bond donors (Lipinski definition) is 1. The average molecular weight is 301 g/mol. The summed E-state index contributed by atoms with van der Waals surface area (Å²) < 4.78 is 6.09. The molecule has 1 N–H and O–H groups in total. The Bertz CT molecular complexity index is 240. The molecule has 0 saturated carbocycles. The fourth-order valence-corrected chi connectivity index (χ4v) is 3.45. The maximum atomic E-state index is 8.93. The van der Waals surface area contributed by atoms with Crippen molar-refractivity contribution in [1.29, 1.82) is 0 Å². The second-order valence-corrected chi connectivity index (χ2v) is 8.00. The zero-order valence-electron chi connectivity index (χ0n) is 15.5. The minimum Gasteiger partial charge on any atom is -0.396 e. The third-order valence-electron chi connectivity index (χ3n) is 4.51. The van der Waals surface area contributed by atoms with Gasteiger partial charge < -0.3 is 9.84 Å². The molecule has 1 unspecified atom stereocenters. The molecule has 0 radical (unpaired) electrons. The fourth-order valence-electron chi connectivity index (χ4n) is 3.45. The Balaban J connectivity index is 4.31. The molecule has 0 rings (SSSR count). The van der Waals surface area contributed by atoms with Crippen LogP contribution in [-0.2, 0) is 4.74 Å². The van der Waals surface area contributed by atoms with Crippen LogP contribution in [0.4, 0.5) is 0 Å². The number of aliphatic hydroxyl groups is 1. The summed E-state index contributed by atoms with van der Waals surface area (Å²) >= 11 is 0. The van der Waals surface area contributed by atoms with E-state index in [2.05, 4.69) is 41.5 Å². The maximum absolute atomic E-state index is 8.93. The van der Waals surface area contributed by atoms with Crippen LogP contribution in [0.1, 0.15) is 92.9 Å². The van der Waals surface area contributed by atoms with Crippen LogP contribution < -0.4 is 0 Å². The monoisotopic (exact) mass is 300 g/mol. The van der Waals surface area contributed by atoms with Crippen LogP contribution in [0.25, 0.3) is 0 Å². The summed E-state index contributed by atoms with van der Waals surface area (Å²) in [6.45, 7) is 14.6.